The Bertz CT molecular complexity index is 832. The van der Waals surface area contributed by atoms with E-state index in [-0.39, 0.29) is 17.1 Å². The van der Waals surface area contributed by atoms with E-state index >= 15 is 0 Å². The van der Waals surface area contributed by atoms with Crippen LogP contribution in [-0.2, 0) is 0 Å². The topological polar surface area (TPSA) is 46.7 Å². The van der Waals surface area contributed by atoms with Crippen molar-refractivity contribution in [3.05, 3.63) is 58.1 Å². The second kappa shape index (κ2) is 4.64. The molecule has 0 bridgehead atoms. The van der Waals surface area contributed by atoms with Gasteiger partial charge in [-0.15, -0.1) is 4.91 Å². The predicted octanol–water partition coefficient (Wildman–Crippen LogP) is 4.33. The lowest BCUT2D eigenvalue weighted by atomic mass is 10.1. The molecule has 7 heteroatoms. The van der Waals surface area contributed by atoms with E-state index < -0.39 is 11.6 Å². The van der Waals surface area contributed by atoms with Crippen molar-refractivity contribution in [1.29, 1.82) is 0 Å². The standard InChI is InChI=1S/C13H6ClF2N3O/c14-7-3-4-19-11(5-7)17-12(13(19)18-20)9-6-8(15)1-2-10(9)16/h1-6H. The molecule has 3 aromatic rings. The van der Waals surface area contributed by atoms with E-state index in [2.05, 4.69) is 10.2 Å². The zero-order valence-corrected chi connectivity index (χ0v) is 10.6. The van der Waals surface area contributed by atoms with Crippen LogP contribution in [0.15, 0.2) is 41.7 Å². The molecular weight excluding hydrogens is 288 g/mol. The molecule has 2 heterocycles. The van der Waals surface area contributed by atoms with Crippen LogP contribution in [0.4, 0.5) is 14.6 Å². The SMILES string of the molecule is O=Nc1c(-c2cc(F)ccc2F)nc2cc(Cl)ccn12. The summed E-state index contributed by atoms with van der Waals surface area (Å²) in [5, 5.41) is 3.26. The first-order chi connectivity index (χ1) is 9.60. The summed E-state index contributed by atoms with van der Waals surface area (Å²) in [5.74, 6) is -1.43. The number of hydrogen-bond acceptors (Lipinski definition) is 3. The first kappa shape index (κ1) is 12.7. The molecule has 4 nitrogen and oxygen atoms in total. The second-order valence-corrected chi connectivity index (χ2v) is 4.51. The van der Waals surface area contributed by atoms with Crippen molar-refractivity contribution in [2.75, 3.05) is 0 Å². The molecule has 0 atom stereocenters. The van der Waals surface area contributed by atoms with Gasteiger partial charge in [0.05, 0.1) is 0 Å². The third-order valence-electron chi connectivity index (χ3n) is 2.83. The van der Waals surface area contributed by atoms with Gasteiger partial charge in [0.25, 0.3) is 0 Å². The fourth-order valence-corrected chi connectivity index (χ4v) is 2.11. The average molecular weight is 294 g/mol. The number of nitrogens with zero attached hydrogens (tertiary/aromatic N) is 3. The monoisotopic (exact) mass is 293 g/mol. The molecule has 0 N–H and O–H groups in total. The maximum Gasteiger partial charge on any atom is 0.209 e. The molecule has 1 aromatic carbocycles. The molecular formula is C13H6ClF2N3O. The molecule has 0 saturated carbocycles. The maximum atomic E-state index is 13.8. The van der Waals surface area contributed by atoms with Crippen LogP contribution >= 0.6 is 11.6 Å². The molecule has 2 aromatic heterocycles. The molecule has 0 aliphatic rings. The number of hydrogen-bond donors (Lipinski definition) is 0. The van der Waals surface area contributed by atoms with E-state index in [1.54, 1.807) is 0 Å². The molecule has 0 aliphatic carbocycles. The van der Waals surface area contributed by atoms with Gasteiger partial charge in [0.15, 0.2) is 0 Å². The Balaban J connectivity index is 2.35. The Kier molecular flexibility index (Phi) is 2.94. The number of benzene rings is 1. The molecule has 100 valence electrons. The fourth-order valence-electron chi connectivity index (χ4n) is 1.95. The summed E-state index contributed by atoms with van der Waals surface area (Å²) in [6.07, 6.45) is 1.49. The highest BCUT2D eigenvalue weighted by molar-refractivity contribution is 6.30. The van der Waals surface area contributed by atoms with Crippen LogP contribution in [0.1, 0.15) is 0 Å². The highest BCUT2D eigenvalue weighted by Crippen LogP contribution is 2.33. The van der Waals surface area contributed by atoms with Crippen LogP contribution in [0.25, 0.3) is 16.9 Å². The van der Waals surface area contributed by atoms with Crippen LogP contribution in [0.2, 0.25) is 5.02 Å². The number of fused-ring (bicyclic) bond motifs is 1. The van der Waals surface area contributed by atoms with Crippen LogP contribution in [-0.4, -0.2) is 9.38 Å². The summed E-state index contributed by atoms with van der Waals surface area (Å²) in [7, 11) is 0. The van der Waals surface area contributed by atoms with Crippen molar-refractivity contribution in [1.82, 2.24) is 9.38 Å². The molecule has 0 fully saturated rings. The summed E-state index contributed by atoms with van der Waals surface area (Å²) in [6.45, 7) is 0. The Morgan fingerprint density at radius 3 is 2.75 bits per heavy atom. The quantitative estimate of drug-likeness (QED) is 0.660. The van der Waals surface area contributed by atoms with Crippen LogP contribution in [0, 0.1) is 16.5 Å². The number of nitroso groups, excluding NO2 is 1. The number of halogens is 3. The van der Waals surface area contributed by atoms with Crippen LogP contribution in [0.3, 0.4) is 0 Å². The van der Waals surface area contributed by atoms with Crippen LogP contribution < -0.4 is 0 Å². The fraction of sp³-hybridized carbons (Fsp3) is 0. The molecule has 0 amide bonds. The summed E-state index contributed by atoms with van der Waals surface area (Å²) in [5.41, 5.74) is 0.171. The minimum atomic E-state index is -0.689. The number of pyridine rings is 1. The van der Waals surface area contributed by atoms with Gasteiger partial charge >= 0.3 is 0 Å². The normalized spacial score (nSPS) is 10.9. The minimum absolute atomic E-state index is 0.0285. The lowest BCUT2D eigenvalue weighted by Gasteiger charge is -2.00. The lowest BCUT2D eigenvalue weighted by molar-refractivity contribution is 0.603. The van der Waals surface area contributed by atoms with E-state index in [0.717, 1.165) is 18.2 Å². The molecule has 0 aliphatic heterocycles. The number of aromatic nitrogens is 2. The molecule has 20 heavy (non-hydrogen) atoms. The van der Waals surface area contributed by atoms with Crippen molar-refractivity contribution in [2.45, 2.75) is 0 Å². The lowest BCUT2D eigenvalue weighted by Crippen LogP contribution is -1.87. The highest BCUT2D eigenvalue weighted by atomic mass is 35.5. The van der Waals surface area contributed by atoms with Gasteiger partial charge in [-0.1, -0.05) is 11.6 Å². The van der Waals surface area contributed by atoms with Crippen molar-refractivity contribution >= 4 is 23.1 Å². The van der Waals surface area contributed by atoms with Gasteiger partial charge in [-0.05, 0) is 29.4 Å². The Hall–Kier alpha value is -2.34. The predicted molar refractivity (Wildman–Crippen MR) is 71.0 cm³/mol. The van der Waals surface area contributed by atoms with Crippen molar-refractivity contribution in [3.8, 4) is 11.3 Å². The van der Waals surface area contributed by atoms with Gasteiger partial charge in [-0.25, -0.2) is 13.8 Å². The van der Waals surface area contributed by atoms with Gasteiger partial charge in [-0.2, -0.15) is 0 Å². The number of rotatable bonds is 2. The summed E-state index contributed by atoms with van der Waals surface area (Å²) in [4.78, 5) is 15.1. The maximum absolute atomic E-state index is 13.8. The molecule has 0 unspecified atom stereocenters. The van der Waals surface area contributed by atoms with E-state index in [1.807, 2.05) is 0 Å². The van der Waals surface area contributed by atoms with Gasteiger partial charge in [0, 0.05) is 22.8 Å². The van der Waals surface area contributed by atoms with E-state index in [9.17, 15) is 13.7 Å². The Morgan fingerprint density at radius 1 is 1.20 bits per heavy atom. The van der Waals surface area contributed by atoms with Crippen molar-refractivity contribution in [3.63, 3.8) is 0 Å². The summed E-state index contributed by atoms with van der Waals surface area (Å²) in [6, 6.07) is 5.96. The second-order valence-electron chi connectivity index (χ2n) is 4.07. The Morgan fingerprint density at radius 2 is 2.00 bits per heavy atom. The van der Waals surface area contributed by atoms with Gasteiger partial charge in [0.1, 0.15) is 23.0 Å². The van der Waals surface area contributed by atoms with E-state index in [1.165, 1.54) is 22.7 Å². The zero-order valence-electron chi connectivity index (χ0n) is 9.85. The Labute approximate surface area is 116 Å². The van der Waals surface area contributed by atoms with Gasteiger partial charge in [0.2, 0.25) is 5.82 Å². The molecule has 3 rings (SSSR count). The summed E-state index contributed by atoms with van der Waals surface area (Å²) >= 11 is 5.83. The van der Waals surface area contributed by atoms with Gasteiger partial charge in [-0.3, -0.25) is 4.40 Å². The molecule has 0 spiro atoms. The van der Waals surface area contributed by atoms with Crippen molar-refractivity contribution < 1.29 is 8.78 Å². The average Bonchev–Trinajstić information content (AvgIpc) is 2.78. The summed E-state index contributed by atoms with van der Waals surface area (Å²) < 4.78 is 28.4. The molecule has 0 saturated heterocycles. The van der Waals surface area contributed by atoms with Crippen molar-refractivity contribution in [2.24, 2.45) is 5.18 Å². The first-order valence-electron chi connectivity index (χ1n) is 5.56. The minimum Gasteiger partial charge on any atom is -0.281 e. The largest absolute Gasteiger partial charge is 0.281 e. The third-order valence-corrected chi connectivity index (χ3v) is 3.07. The van der Waals surface area contributed by atoms with E-state index in [0.29, 0.717) is 10.7 Å². The highest BCUT2D eigenvalue weighted by Gasteiger charge is 2.18. The molecule has 0 radical (unpaired) electrons. The van der Waals surface area contributed by atoms with Crippen LogP contribution in [0.5, 0.6) is 0 Å². The van der Waals surface area contributed by atoms with E-state index in [4.69, 9.17) is 11.6 Å². The zero-order chi connectivity index (χ0) is 14.3. The smallest absolute Gasteiger partial charge is 0.209 e. The van der Waals surface area contributed by atoms with Gasteiger partial charge < -0.3 is 0 Å². The first-order valence-corrected chi connectivity index (χ1v) is 5.94. The third kappa shape index (κ3) is 1.94. The number of imidazole rings is 1.